The second-order valence-corrected chi connectivity index (χ2v) is 12.2. The lowest BCUT2D eigenvalue weighted by Gasteiger charge is -2.33. The quantitative estimate of drug-likeness (QED) is 0.451. The fourth-order valence-corrected chi connectivity index (χ4v) is 10.1. The normalized spacial score (nSPS) is 13.3. The van der Waals surface area contributed by atoms with E-state index >= 15 is 0 Å². The molecule has 0 spiro atoms. The third kappa shape index (κ3) is 8.52. The van der Waals surface area contributed by atoms with Gasteiger partial charge in [-0.2, -0.15) is 0 Å². The highest BCUT2D eigenvalue weighted by molar-refractivity contribution is 7.75. The summed E-state index contributed by atoms with van der Waals surface area (Å²) >= 11 is 0. The number of rotatable bonds is 9. The summed E-state index contributed by atoms with van der Waals surface area (Å²) in [5.74, 6) is 3.50. The van der Waals surface area contributed by atoms with Crippen molar-refractivity contribution in [3.8, 4) is 0 Å². The molecule has 0 fully saturated rings. The van der Waals surface area contributed by atoms with E-state index in [0.717, 1.165) is 23.7 Å². The average molecular weight is 273 g/mol. The Morgan fingerprint density at radius 1 is 0.556 bits per heavy atom. The van der Waals surface area contributed by atoms with Gasteiger partial charge in [-0.1, -0.05) is 55.4 Å². The molecular weight excluding hydrogens is 235 g/mol. The second-order valence-electron chi connectivity index (χ2n) is 7.98. The van der Waals surface area contributed by atoms with Crippen LogP contribution in [-0.2, 0) is 0 Å². The Labute approximate surface area is 118 Å². The van der Waals surface area contributed by atoms with Crippen molar-refractivity contribution >= 4 is 7.26 Å². The van der Waals surface area contributed by atoms with E-state index in [0.29, 0.717) is 0 Å². The van der Waals surface area contributed by atoms with Crippen LogP contribution in [0, 0.1) is 23.7 Å². The molecule has 0 saturated heterocycles. The Bertz CT molecular complexity index is 177. The number of hydrogen-bond donors (Lipinski definition) is 0. The van der Waals surface area contributed by atoms with Gasteiger partial charge < -0.3 is 0 Å². The third-order valence-electron chi connectivity index (χ3n) is 3.44. The van der Waals surface area contributed by atoms with Crippen molar-refractivity contribution in [2.24, 2.45) is 23.7 Å². The Morgan fingerprint density at radius 2 is 0.889 bits per heavy atom. The largest absolute Gasteiger partial charge is 0.0626 e. The highest BCUT2D eigenvalue weighted by Crippen LogP contribution is 2.62. The van der Waals surface area contributed by atoms with Crippen molar-refractivity contribution in [2.75, 3.05) is 24.6 Å². The van der Waals surface area contributed by atoms with Crippen LogP contribution in [0.25, 0.3) is 0 Å². The maximum absolute atomic E-state index is 2.42. The fraction of sp³-hybridized carbons (Fsp3) is 1.00. The van der Waals surface area contributed by atoms with E-state index in [1.165, 1.54) is 24.9 Å². The Kier molecular flexibility index (Phi) is 8.78. The molecule has 110 valence electrons. The lowest BCUT2D eigenvalue weighted by atomic mass is 10.2. The molecule has 0 aliphatic rings. The Hall–Kier alpha value is 0.430. The third-order valence-corrected chi connectivity index (χ3v) is 9.16. The molecule has 0 bridgehead atoms. The molecular formula is C17H38P+. The van der Waals surface area contributed by atoms with E-state index in [1.54, 1.807) is 6.16 Å². The molecule has 0 radical (unpaired) electrons. The molecule has 0 rings (SSSR count). The first-order valence-electron chi connectivity index (χ1n) is 8.02. The van der Waals surface area contributed by atoms with Crippen LogP contribution in [0.2, 0.25) is 0 Å². The lowest BCUT2D eigenvalue weighted by Crippen LogP contribution is -2.21. The summed E-state index contributed by atoms with van der Waals surface area (Å²) in [5, 5.41) is 0. The van der Waals surface area contributed by atoms with Crippen LogP contribution in [0.3, 0.4) is 0 Å². The fourth-order valence-electron chi connectivity index (χ4n) is 3.35. The summed E-state index contributed by atoms with van der Waals surface area (Å²) in [6.45, 7) is 19.3. The molecule has 18 heavy (non-hydrogen) atoms. The van der Waals surface area contributed by atoms with Gasteiger partial charge in [0.05, 0.1) is 24.6 Å². The summed E-state index contributed by atoms with van der Waals surface area (Å²) < 4.78 is 0. The van der Waals surface area contributed by atoms with Crippen LogP contribution in [0.15, 0.2) is 0 Å². The highest BCUT2D eigenvalue weighted by atomic mass is 31.2. The van der Waals surface area contributed by atoms with Crippen LogP contribution < -0.4 is 0 Å². The van der Waals surface area contributed by atoms with Gasteiger partial charge in [0.25, 0.3) is 0 Å². The summed E-state index contributed by atoms with van der Waals surface area (Å²) in [5.41, 5.74) is 0. The minimum Gasteiger partial charge on any atom is -0.0626 e. The first-order chi connectivity index (χ1) is 8.17. The zero-order valence-corrected chi connectivity index (χ0v) is 15.2. The standard InChI is InChI=1S/C17H38P/c1-14(2)9-10-18(11-15(3)4,12-16(5)6)13-17(7)8/h14-17H,9-13H2,1-8H3/q+1. The minimum absolute atomic E-state index is 0.718. The van der Waals surface area contributed by atoms with Crippen molar-refractivity contribution in [2.45, 2.75) is 61.8 Å². The zero-order chi connectivity index (χ0) is 14.3. The van der Waals surface area contributed by atoms with Crippen molar-refractivity contribution in [1.82, 2.24) is 0 Å². The molecule has 0 aliphatic heterocycles. The summed E-state index contributed by atoms with van der Waals surface area (Å²) in [4.78, 5) is 0. The molecule has 0 aliphatic carbocycles. The zero-order valence-electron chi connectivity index (χ0n) is 14.3. The van der Waals surface area contributed by atoms with E-state index in [1.807, 2.05) is 0 Å². The van der Waals surface area contributed by atoms with E-state index in [-0.39, 0.29) is 0 Å². The van der Waals surface area contributed by atoms with Crippen molar-refractivity contribution in [3.05, 3.63) is 0 Å². The lowest BCUT2D eigenvalue weighted by molar-refractivity contribution is 0.616. The van der Waals surface area contributed by atoms with Gasteiger partial charge in [-0.25, -0.2) is 0 Å². The predicted octanol–water partition coefficient (Wildman–Crippen LogP) is 6.02. The average Bonchev–Trinajstić information content (AvgIpc) is 2.11. The SMILES string of the molecule is CC(C)CC[P+](CC(C)C)(CC(C)C)CC(C)C. The van der Waals surface area contributed by atoms with Crippen LogP contribution in [0.4, 0.5) is 0 Å². The summed E-state index contributed by atoms with van der Waals surface area (Å²) in [6.07, 6.45) is 7.56. The van der Waals surface area contributed by atoms with E-state index < -0.39 is 7.26 Å². The van der Waals surface area contributed by atoms with E-state index in [4.69, 9.17) is 0 Å². The molecule has 0 unspecified atom stereocenters. The molecule has 0 N–H and O–H groups in total. The molecule has 0 saturated carbocycles. The molecule has 0 nitrogen and oxygen atoms in total. The van der Waals surface area contributed by atoms with Gasteiger partial charge >= 0.3 is 0 Å². The van der Waals surface area contributed by atoms with E-state index in [9.17, 15) is 0 Å². The van der Waals surface area contributed by atoms with Gasteiger partial charge in [0.1, 0.15) is 0 Å². The van der Waals surface area contributed by atoms with E-state index in [2.05, 4.69) is 55.4 Å². The van der Waals surface area contributed by atoms with Crippen LogP contribution in [-0.4, -0.2) is 24.6 Å². The van der Waals surface area contributed by atoms with Crippen LogP contribution >= 0.6 is 7.26 Å². The maximum Gasteiger partial charge on any atom is 0.0617 e. The molecule has 0 atom stereocenters. The topological polar surface area (TPSA) is 0 Å². The first kappa shape index (κ1) is 18.4. The number of hydrogen-bond acceptors (Lipinski definition) is 0. The van der Waals surface area contributed by atoms with Crippen molar-refractivity contribution in [3.63, 3.8) is 0 Å². The Morgan fingerprint density at radius 3 is 1.11 bits per heavy atom. The van der Waals surface area contributed by atoms with Gasteiger partial charge in [0.2, 0.25) is 0 Å². The summed E-state index contributed by atoms with van der Waals surface area (Å²) in [6, 6.07) is 0. The van der Waals surface area contributed by atoms with Crippen molar-refractivity contribution < 1.29 is 0 Å². The predicted molar refractivity (Wildman–Crippen MR) is 90.4 cm³/mol. The maximum atomic E-state index is 2.42. The van der Waals surface area contributed by atoms with Crippen molar-refractivity contribution in [1.29, 1.82) is 0 Å². The highest BCUT2D eigenvalue weighted by Gasteiger charge is 2.38. The van der Waals surface area contributed by atoms with Gasteiger partial charge in [0, 0.05) is 7.26 Å². The molecule has 0 heterocycles. The van der Waals surface area contributed by atoms with Gasteiger partial charge in [-0.05, 0) is 30.1 Å². The monoisotopic (exact) mass is 273 g/mol. The van der Waals surface area contributed by atoms with Crippen LogP contribution in [0.1, 0.15) is 61.8 Å². The Balaban J connectivity index is 4.85. The van der Waals surface area contributed by atoms with Gasteiger partial charge in [0.15, 0.2) is 0 Å². The molecule has 0 aromatic carbocycles. The molecule has 1 heteroatoms. The van der Waals surface area contributed by atoms with Crippen LogP contribution in [0.5, 0.6) is 0 Å². The van der Waals surface area contributed by atoms with Gasteiger partial charge in [-0.3, -0.25) is 0 Å². The molecule has 0 amide bonds. The summed E-state index contributed by atoms with van der Waals surface area (Å²) in [7, 11) is -0.718. The second kappa shape index (κ2) is 8.57. The minimum atomic E-state index is -0.718. The smallest absolute Gasteiger partial charge is 0.0617 e. The molecule has 0 aromatic rings. The van der Waals surface area contributed by atoms with Gasteiger partial charge in [-0.15, -0.1) is 0 Å². The molecule has 0 aromatic heterocycles. The first-order valence-corrected chi connectivity index (χ1v) is 10.5.